The molecule has 2 fully saturated rings. The van der Waals surface area contributed by atoms with Crippen LogP contribution in [0, 0.1) is 0 Å². The van der Waals surface area contributed by atoms with E-state index in [9.17, 15) is 4.79 Å². The highest BCUT2D eigenvalue weighted by Gasteiger charge is 2.40. The smallest absolute Gasteiger partial charge is 0.242 e. The molecule has 2 rings (SSSR count). The highest BCUT2D eigenvalue weighted by Crippen LogP contribution is 2.31. The molecule has 2 saturated carbocycles. The summed E-state index contributed by atoms with van der Waals surface area (Å²) in [6.07, 6.45) is 10.2. The average molecular weight is 224 g/mol. The van der Waals surface area contributed by atoms with Gasteiger partial charge in [0.05, 0.1) is 5.54 Å². The van der Waals surface area contributed by atoms with Crippen molar-refractivity contribution in [2.75, 3.05) is 7.05 Å². The molecule has 0 aromatic carbocycles. The Balaban J connectivity index is 1.97. The highest BCUT2D eigenvalue weighted by molar-refractivity contribution is 5.86. The Morgan fingerprint density at radius 3 is 2.25 bits per heavy atom. The molecule has 3 heteroatoms. The number of carbonyl (C=O) groups excluding carboxylic acids is 1. The zero-order valence-electron chi connectivity index (χ0n) is 10.4. The summed E-state index contributed by atoms with van der Waals surface area (Å²) in [6.45, 7) is 0. The molecule has 3 nitrogen and oxygen atoms in total. The lowest BCUT2D eigenvalue weighted by molar-refractivity contribution is -0.138. The zero-order chi connectivity index (χ0) is 11.6. The number of nitrogens with two attached hydrogens (primary N) is 1. The van der Waals surface area contributed by atoms with Crippen LogP contribution in [0.5, 0.6) is 0 Å². The van der Waals surface area contributed by atoms with Crippen LogP contribution < -0.4 is 5.73 Å². The number of hydrogen-bond donors (Lipinski definition) is 1. The molecule has 0 spiro atoms. The molecule has 0 aromatic rings. The molecule has 0 aromatic heterocycles. The van der Waals surface area contributed by atoms with Crippen LogP contribution in [0.15, 0.2) is 0 Å². The predicted molar refractivity (Wildman–Crippen MR) is 65.0 cm³/mol. The normalized spacial score (nSPS) is 25.6. The third-order valence-electron chi connectivity index (χ3n) is 4.36. The van der Waals surface area contributed by atoms with Gasteiger partial charge >= 0.3 is 0 Å². The van der Waals surface area contributed by atoms with E-state index >= 15 is 0 Å². The first-order chi connectivity index (χ1) is 7.63. The van der Waals surface area contributed by atoms with Crippen molar-refractivity contribution in [3.8, 4) is 0 Å². The van der Waals surface area contributed by atoms with E-state index in [4.69, 9.17) is 5.73 Å². The van der Waals surface area contributed by atoms with E-state index in [1.807, 2.05) is 11.9 Å². The second-order valence-electron chi connectivity index (χ2n) is 5.57. The van der Waals surface area contributed by atoms with Gasteiger partial charge in [-0.05, 0) is 25.7 Å². The molecule has 16 heavy (non-hydrogen) atoms. The second-order valence-corrected chi connectivity index (χ2v) is 5.57. The van der Waals surface area contributed by atoms with Gasteiger partial charge in [0.15, 0.2) is 0 Å². The van der Waals surface area contributed by atoms with Crippen LogP contribution >= 0.6 is 0 Å². The number of nitrogens with zero attached hydrogens (tertiary/aromatic N) is 1. The van der Waals surface area contributed by atoms with Crippen LogP contribution in [0.25, 0.3) is 0 Å². The largest absolute Gasteiger partial charge is 0.341 e. The quantitative estimate of drug-likeness (QED) is 0.780. The van der Waals surface area contributed by atoms with Crippen molar-refractivity contribution in [1.82, 2.24) is 4.90 Å². The molecule has 0 saturated heterocycles. The summed E-state index contributed by atoms with van der Waals surface area (Å²) >= 11 is 0. The van der Waals surface area contributed by atoms with Gasteiger partial charge in [-0.3, -0.25) is 4.79 Å². The van der Waals surface area contributed by atoms with Crippen molar-refractivity contribution in [2.24, 2.45) is 5.73 Å². The van der Waals surface area contributed by atoms with Gasteiger partial charge in [0.25, 0.3) is 0 Å². The maximum Gasteiger partial charge on any atom is 0.242 e. The molecule has 2 aliphatic rings. The summed E-state index contributed by atoms with van der Waals surface area (Å²) in [5.41, 5.74) is 5.68. The molecule has 2 aliphatic carbocycles. The van der Waals surface area contributed by atoms with Crippen LogP contribution in [0.3, 0.4) is 0 Å². The van der Waals surface area contributed by atoms with E-state index in [2.05, 4.69) is 0 Å². The van der Waals surface area contributed by atoms with E-state index < -0.39 is 5.54 Å². The molecular formula is C13H24N2O. The summed E-state index contributed by atoms with van der Waals surface area (Å²) in [4.78, 5) is 14.3. The average Bonchev–Trinajstić information content (AvgIpc) is 2.77. The van der Waals surface area contributed by atoms with Gasteiger partial charge in [0, 0.05) is 13.1 Å². The Bertz CT molecular complexity index is 253. The van der Waals surface area contributed by atoms with Crippen LogP contribution in [0.1, 0.15) is 57.8 Å². The lowest BCUT2D eigenvalue weighted by atomic mass is 9.91. The van der Waals surface area contributed by atoms with Crippen molar-refractivity contribution in [1.29, 1.82) is 0 Å². The summed E-state index contributed by atoms with van der Waals surface area (Å²) in [5, 5.41) is 0. The SMILES string of the molecule is CN(C(=O)C1(N)CCCC1)C1CCCCC1. The number of hydrogen-bond acceptors (Lipinski definition) is 2. The Hall–Kier alpha value is -0.570. The van der Waals surface area contributed by atoms with Crippen LogP contribution in [-0.2, 0) is 4.79 Å². The molecule has 1 amide bonds. The van der Waals surface area contributed by atoms with Crippen LogP contribution in [0.4, 0.5) is 0 Å². The van der Waals surface area contributed by atoms with Gasteiger partial charge in [-0.15, -0.1) is 0 Å². The van der Waals surface area contributed by atoms with Gasteiger partial charge in [-0.1, -0.05) is 32.1 Å². The standard InChI is InChI=1S/C13H24N2O/c1-15(11-7-3-2-4-8-11)12(16)13(14)9-5-6-10-13/h11H,2-10,14H2,1H3. The van der Waals surface area contributed by atoms with E-state index in [0.29, 0.717) is 6.04 Å². The Labute approximate surface area is 98.4 Å². The number of carbonyl (C=O) groups is 1. The van der Waals surface area contributed by atoms with Crippen molar-refractivity contribution in [3.05, 3.63) is 0 Å². The van der Waals surface area contributed by atoms with Gasteiger partial charge < -0.3 is 10.6 Å². The Morgan fingerprint density at radius 1 is 1.12 bits per heavy atom. The van der Waals surface area contributed by atoms with Crippen molar-refractivity contribution >= 4 is 5.91 Å². The van der Waals surface area contributed by atoms with E-state index in [1.54, 1.807) is 0 Å². The summed E-state index contributed by atoms with van der Waals surface area (Å²) in [5.74, 6) is 0.192. The predicted octanol–water partition coefficient (Wildman–Crippen LogP) is 2.05. The maximum absolute atomic E-state index is 12.4. The highest BCUT2D eigenvalue weighted by atomic mass is 16.2. The van der Waals surface area contributed by atoms with E-state index in [1.165, 1.54) is 32.1 Å². The van der Waals surface area contributed by atoms with E-state index in [0.717, 1.165) is 25.7 Å². The molecule has 0 unspecified atom stereocenters. The third-order valence-corrected chi connectivity index (χ3v) is 4.36. The van der Waals surface area contributed by atoms with Gasteiger partial charge in [0.1, 0.15) is 0 Å². The van der Waals surface area contributed by atoms with Gasteiger partial charge in [-0.2, -0.15) is 0 Å². The fourth-order valence-corrected chi connectivity index (χ4v) is 3.21. The monoisotopic (exact) mass is 224 g/mol. The minimum absolute atomic E-state index is 0.192. The van der Waals surface area contributed by atoms with Gasteiger partial charge in [0.2, 0.25) is 5.91 Å². The summed E-state index contributed by atoms with van der Waals surface area (Å²) < 4.78 is 0. The summed E-state index contributed by atoms with van der Waals surface area (Å²) in [7, 11) is 1.95. The minimum atomic E-state index is -0.536. The Morgan fingerprint density at radius 2 is 1.69 bits per heavy atom. The minimum Gasteiger partial charge on any atom is -0.341 e. The molecular weight excluding hydrogens is 200 g/mol. The van der Waals surface area contributed by atoms with E-state index in [-0.39, 0.29) is 5.91 Å². The molecule has 0 atom stereocenters. The van der Waals surface area contributed by atoms with Crippen molar-refractivity contribution in [2.45, 2.75) is 69.4 Å². The maximum atomic E-state index is 12.4. The fourth-order valence-electron chi connectivity index (χ4n) is 3.21. The van der Waals surface area contributed by atoms with Crippen LogP contribution in [-0.4, -0.2) is 29.4 Å². The molecule has 0 aliphatic heterocycles. The molecule has 0 heterocycles. The first kappa shape index (κ1) is 11.9. The molecule has 92 valence electrons. The third kappa shape index (κ3) is 2.24. The molecule has 0 bridgehead atoms. The van der Waals surface area contributed by atoms with Crippen molar-refractivity contribution < 1.29 is 4.79 Å². The number of amides is 1. The topological polar surface area (TPSA) is 46.3 Å². The van der Waals surface area contributed by atoms with Gasteiger partial charge in [-0.25, -0.2) is 0 Å². The first-order valence-corrected chi connectivity index (χ1v) is 6.70. The molecule has 0 radical (unpaired) electrons. The lowest BCUT2D eigenvalue weighted by Crippen LogP contribution is -2.55. The molecule has 2 N–H and O–H groups in total. The first-order valence-electron chi connectivity index (χ1n) is 6.70. The number of rotatable bonds is 2. The second kappa shape index (κ2) is 4.74. The van der Waals surface area contributed by atoms with Crippen LogP contribution in [0.2, 0.25) is 0 Å². The number of likely N-dealkylation sites (N-methyl/N-ethyl adjacent to an activating group) is 1. The zero-order valence-corrected chi connectivity index (χ0v) is 10.4. The summed E-state index contributed by atoms with van der Waals surface area (Å²) in [6, 6.07) is 0.447. The van der Waals surface area contributed by atoms with Crippen molar-refractivity contribution in [3.63, 3.8) is 0 Å². The lowest BCUT2D eigenvalue weighted by Gasteiger charge is -2.36. The fraction of sp³-hybridized carbons (Fsp3) is 0.923. The Kier molecular flexibility index (Phi) is 3.53.